The molecule has 6 nitrogen and oxygen atoms in total. The van der Waals surface area contributed by atoms with Crippen molar-refractivity contribution in [1.82, 2.24) is 10.2 Å². The summed E-state index contributed by atoms with van der Waals surface area (Å²) in [5.74, 6) is -2.38. The second kappa shape index (κ2) is 9.27. The molecule has 2 rings (SSSR count). The summed E-state index contributed by atoms with van der Waals surface area (Å²) < 4.78 is 43.0. The smallest absolute Gasteiger partial charge is 0.406 e. The van der Waals surface area contributed by atoms with Gasteiger partial charge in [-0.1, -0.05) is 11.6 Å². The first kappa shape index (κ1) is 22.0. The van der Waals surface area contributed by atoms with E-state index in [2.05, 4.69) is 5.32 Å². The molecule has 28 heavy (non-hydrogen) atoms. The van der Waals surface area contributed by atoms with Crippen LogP contribution in [0, 0.1) is 5.92 Å². The maximum atomic E-state index is 12.7. The highest BCUT2D eigenvalue weighted by Gasteiger charge is 2.40. The highest BCUT2D eigenvalue weighted by Crippen LogP contribution is 2.36. The summed E-state index contributed by atoms with van der Waals surface area (Å²) in [4.78, 5) is 36.4. The van der Waals surface area contributed by atoms with E-state index in [-0.39, 0.29) is 11.5 Å². The van der Waals surface area contributed by atoms with E-state index in [0.29, 0.717) is 9.92 Å². The number of nitrogens with zero attached hydrogens (tertiary/aromatic N) is 1. The molecular weight excluding hydrogens is 401 g/mol. The SMILES string of the molecule is CC(C1CC1)N(CC(F)(F)F)C(=O)COC(=O)CNC(=O)c1ccc(Cl)cc1. The molecule has 0 radical (unpaired) electrons. The first-order valence-corrected chi connectivity index (χ1v) is 9.00. The summed E-state index contributed by atoms with van der Waals surface area (Å²) in [7, 11) is 0. The predicted molar refractivity (Wildman–Crippen MR) is 94.7 cm³/mol. The number of halogens is 4. The average Bonchev–Trinajstić information content (AvgIpc) is 3.46. The number of rotatable bonds is 8. The minimum absolute atomic E-state index is 0.0284. The van der Waals surface area contributed by atoms with Gasteiger partial charge in [0.1, 0.15) is 13.1 Å². The van der Waals surface area contributed by atoms with Gasteiger partial charge in [-0.25, -0.2) is 0 Å². The van der Waals surface area contributed by atoms with Gasteiger partial charge in [-0.3, -0.25) is 14.4 Å². The zero-order valence-electron chi connectivity index (χ0n) is 15.1. The minimum atomic E-state index is -4.55. The fraction of sp³-hybridized carbons (Fsp3) is 0.500. The van der Waals surface area contributed by atoms with Gasteiger partial charge in [0.05, 0.1) is 0 Å². The number of ether oxygens (including phenoxy) is 1. The van der Waals surface area contributed by atoms with E-state index in [0.717, 1.165) is 12.8 Å². The van der Waals surface area contributed by atoms with Crippen molar-refractivity contribution in [2.24, 2.45) is 5.92 Å². The van der Waals surface area contributed by atoms with Crippen LogP contribution in [0.2, 0.25) is 5.02 Å². The maximum absolute atomic E-state index is 12.7. The molecule has 1 N–H and O–H groups in total. The van der Waals surface area contributed by atoms with Crippen LogP contribution in [0.5, 0.6) is 0 Å². The number of alkyl halides is 3. The van der Waals surface area contributed by atoms with Gasteiger partial charge in [0.2, 0.25) is 0 Å². The number of esters is 1. The third-order valence-corrected chi connectivity index (χ3v) is 4.57. The highest BCUT2D eigenvalue weighted by atomic mass is 35.5. The van der Waals surface area contributed by atoms with Gasteiger partial charge >= 0.3 is 12.1 Å². The van der Waals surface area contributed by atoms with Crippen LogP contribution in [0.15, 0.2) is 24.3 Å². The molecule has 1 fully saturated rings. The van der Waals surface area contributed by atoms with Crippen LogP contribution < -0.4 is 5.32 Å². The number of carbonyl (C=O) groups excluding carboxylic acids is 3. The van der Waals surface area contributed by atoms with E-state index >= 15 is 0 Å². The van der Waals surface area contributed by atoms with Gasteiger partial charge in [0.15, 0.2) is 6.61 Å². The molecule has 1 aromatic rings. The topological polar surface area (TPSA) is 75.7 Å². The van der Waals surface area contributed by atoms with Gasteiger partial charge in [0.25, 0.3) is 11.8 Å². The van der Waals surface area contributed by atoms with Crippen molar-refractivity contribution in [3.05, 3.63) is 34.9 Å². The molecule has 1 aromatic carbocycles. The van der Waals surface area contributed by atoms with Crippen molar-refractivity contribution in [3.63, 3.8) is 0 Å². The second-order valence-corrected chi connectivity index (χ2v) is 7.00. The van der Waals surface area contributed by atoms with E-state index in [1.807, 2.05) is 0 Å². The van der Waals surface area contributed by atoms with Gasteiger partial charge in [-0.15, -0.1) is 0 Å². The zero-order chi connectivity index (χ0) is 20.9. The molecule has 0 aliphatic heterocycles. The number of nitrogens with one attached hydrogen (secondary N) is 1. The van der Waals surface area contributed by atoms with E-state index in [4.69, 9.17) is 16.3 Å². The van der Waals surface area contributed by atoms with Crippen LogP contribution in [0.3, 0.4) is 0 Å². The quantitative estimate of drug-likeness (QED) is 0.656. The third kappa shape index (κ3) is 7.03. The summed E-state index contributed by atoms with van der Waals surface area (Å²) in [6.45, 7) is -1.18. The Bertz CT molecular complexity index is 721. The van der Waals surface area contributed by atoms with Gasteiger partial charge in [-0.05, 0) is 49.9 Å². The largest absolute Gasteiger partial charge is 0.454 e. The molecule has 1 atom stereocenters. The number of amides is 2. The standard InChI is InChI=1S/C18H20ClF3N2O4/c1-11(12-2-3-12)24(10-18(20,21)22)15(25)9-28-16(26)8-23-17(27)13-4-6-14(19)7-5-13/h4-7,11-12H,2-3,8-10H2,1H3,(H,23,27). The third-order valence-electron chi connectivity index (χ3n) is 4.32. The lowest BCUT2D eigenvalue weighted by Gasteiger charge is -2.30. The Morgan fingerprint density at radius 2 is 1.86 bits per heavy atom. The molecule has 10 heteroatoms. The van der Waals surface area contributed by atoms with Crippen LogP contribution >= 0.6 is 11.6 Å². The van der Waals surface area contributed by atoms with Gasteiger partial charge in [-0.2, -0.15) is 13.2 Å². The lowest BCUT2D eigenvalue weighted by atomic mass is 10.2. The molecule has 0 saturated heterocycles. The van der Waals surface area contributed by atoms with Crippen LogP contribution in [0.4, 0.5) is 13.2 Å². The summed E-state index contributed by atoms with van der Waals surface area (Å²) in [6, 6.07) is 5.34. The first-order chi connectivity index (χ1) is 13.1. The second-order valence-electron chi connectivity index (χ2n) is 6.57. The highest BCUT2D eigenvalue weighted by molar-refractivity contribution is 6.30. The fourth-order valence-corrected chi connectivity index (χ4v) is 2.74. The van der Waals surface area contributed by atoms with E-state index in [1.165, 1.54) is 24.3 Å². The molecule has 1 aliphatic carbocycles. The summed E-state index contributed by atoms with van der Waals surface area (Å²) >= 11 is 5.71. The Morgan fingerprint density at radius 1 is 1.25 bits per heavy atom. The first-order valence-electron chi connectivity index (χ1n) is 8.62. The molecule has 0 bridgehead atoms. The zero-order valence-corrected chi connectivity index (χ0v) is 15.8. The number of carbonyl (C=O) groups is 3. The minimum Gasteiger partial charge on any atom is -0.454 e. The van der Waals surface area contributed by atoms with E-state index in [9.17, 15) is 27.6 Å². The average molecular weight is 421 g/mol. The van der Waals surface area contributed by atoms with Crippen molar-refractivity contribution in [3.8, 4) is 0 Å². The fourth-order valence-electron chi connectivity index (χ4n) is 2.62. The Hall–Kier alpha value is -2.29. The molecule has 2 amide bonds. The van der Waals surface area contributed by atoms with Crippen molar-refractivity contribution >= 4 is 29.4 Å². The predicted octanol–water partition coefficient (Wildman–Crippen LogP) is 2.80. The Balaban J connectivity index is 1.81. The summed E-state index contributed by atoms with van der Waals surface area (Å²) in [6.07, 6.45) is -3.02. The molecule has 0 aromatic heterocycles. The van der Waals surface area contributed by atoms with E-state index < -0.39 is 49.7 Å². The Labute approximate surface area is 165 Å². The number of benzene rings is 1. The molecule has 1 saturated carbocycles. The number of hydrogen-bond acceptors (Lipinski definition) is 4. The lowest BCUT2D eigenvalue weighted by molar-refractivity contribution is -0.170. The molecule has 1 aliphatic rings. The van der Waals surface area contributed by atoms with Gasteiger partial charge in [0, 0.05) is 16.6 Å². The molecular formula is C18H20ClF3N2O4. The monoisotopic (exact) mass is 420 g/mol. The Morgan fingerprint density at radius 3 is 2.39 bits per heavy atom. The number of hydrogen-bond donors (Lipinski definition) is 1. The lowest BCUT2D eigenvalue weighted by Crippen LogP contribution is -2.47. The van der Waals surface area contributed by atoms with Crippen LogP contribution in [0.25, 0.3) is 0 Å². The summed E-state index contributed by atoms with van der Waals surface area (Å²) in [5.41, 5.74) is 0.267. The van der Waals surface area contributed by atoms with Crippen LogP contribution in [-0.2, 0) is 14.3 Å². The molecule has 0 heterocycles. The van der Waals surface area contributed by atoms with Crippen LogP contribution in [0.1, 0.15) is 30.1 Å². The molecule has 0 spiro atoms. The van der Waals surface area contributed by atoms with E-state index in [1.54, 1.807) is 6.92 Å². The molecule has 1 unspecified atom stereocenters. The van der Waals surface area contributed by atoms with Crippen molar-refractivity contribution in [1.29, 1.82) is 0 Å². The van der Waals surface area contributed by atoms with Crippen molar-refractivity contribution in [2.45, 2.75) is 32.0 Å². The van der Waals surface area contributed by atoms with Crippen LogP contribution in [-0.4, -0.2) is 54.6 Å². The normalized spacial score (nSPS) is 14.9. The van der Waals surface area contributed by atoms with Crippen molar-refractivity contribution < 1.29 is 32.3 Å². The molecule has 154 valence electrons. The Kier molecular flexibility index (Phi) is 7.29. The van der Waals surface area contributed by atoms with Crippen molar-refractivity contribution in [2.75, 3.05) is 19.7 Å². The summed E-state index contributed by atoms with van der Waals surface area (Å²) in [5, 5.41) is 2.74. The van der Waals surface area contributed by atoms with Gasteiger partial charge < -0.3 is 15.0 Å². The maximum Gasteiger partial charge on any atom is 0.406 e.